The van der Waals surface area contributed by atoms with Gasteiger partial charge in [-0.25, -0.2) is 0 Å². The molecule has 0 spiro atoms. The topological polar surface area (TPSA) is 15.6 Å². The van der Waals surface area contributed by atoms with Crippen molar-refractivity contribution in [1.82, 2.24) is 0 Å². The highest BCUT2D eigenvalue weighted by Gasteiger charge is 2.31. The number of nitrogens with zero attached hydrogens (tertiary/aromatic N) is 2. The summed E-state index contributed by atoms with van der Waals surface area (Å²) in [4.78, 5) is 7.26. The number of aliphatic imine (C=N–C) groups is 1. The molecule has 0 saturated heterocycles. The Morgan fingerprint density at radius 2 is 1.55 bits per heavy atom. The fourth-order valence-corrected chi connectivity index (χ4v) is 2.63. The van der Waals surface area contributed by atoms with Crippen LogP contribution in [-0.2, 0) is 0 Å². The molecule has 2 heteroatoms. The summed E-state index contributed by atoms with van der Waals surface area (Å²) >= 11 is 0. The van der Waals surface area contributed by atoms with Gasteiger partial charge in [-0.05, 0) is 39.0 Å². The molecule has 0 radical (unpaired) electrons. The molecule has 0 aliphatic carbocycles. The molecule has 0 amide bonds. The van der Waals surface area contributed by atoms with E-state index in [1.165, 1.54) is 11.3 Å². The first-order chi connectivity index (χ1) is 9.55. The van der Waals surface area contributed by atoms with Gasteiger partial charge in [-0.1, -0.05) is 36.4 Å². The summed E-state index contributed by atoms with van der Waals surface area (Å²) < 4.78 is 0. The SMILES string of the molecule is CC(C)(C)N1CC(=Nc2ccccc2)c2ccccc21. The molecule has 0 fully saturated rings. The lowest BCUT2D eigenvalue weighted by Gasteiger charge is -2.34. The van der Waals surface area contributed by atoms with Crippen LogP contribution in [0.2, 0.25) is 0 Å². The average Bonchev–Trinajstić information content (AvgIpc) is 2.79. The first kappa shape index (κ1) is 12.9. The van der Waals surface area contributed by atoms with Crippen molar-refractivity contribution >= 4 is 17.1 Å². The second kappa shape index (κ2) is 4.78. The monoisotopic (exact) mass is 264 g/mol. The number of anilines is 1. The van der Waals surface area contributed by atoms with Gasteiger partial charge in [0, 0.05) is 16.8 Å². The van der Waals surface area contributed by atoms with Gasteiger partial charge in [0.25, 0.3) is 0 Å². The quantitative estimate of drug-likeness (QED) is 0.744. The summed E-state index contributed by atoms with van der Waals surface area (Å²) in [5.41, 5.74) is 4.82. The second-order valence-electron chi connectivity index (χ2n) is 6.17. The highest BCUT2D eigenvalue weighted by molar-refractivity contribution is 6.13. The van der Waals surface area contributed by atoms with Crippen molar-refractivity contribution in [3.63, 3.8) is 0 Å². The zero-order valence-corrected chi connectivity index (χ0v) is 12.3. The number of benzene rings is 2. The van der Waals surface area contributed by atoms with Crippen molar-refractivity contribution < 1.29 is 0 Å². The zero-order valence-electron chi connectivity index (χ0n) is 12.3. The molecule has 20 heavy (non-hydrogen) atoms. The van der Waals surface area contributed by atoms with Crippen molar-refractivity contribution in [2.24, 2.45) is 4.99 Å². The summed E-state index contributed by atoms with van der Waals surface area (Å²) in [6.07, 6.45) is 0. The van der Waals surface area contributed by atoms with E-state index in [0.717, 1.165) is 17.9 Å². The highest BCUT2D eigenvalue weighted by atomic mass is 15.2. The maximum Gasteiger partial charge on any atom is 0.0697 e. The van der Waals surface area contributed by atoms with Crippen LogP contribution in [0, 0.1) is 0 Å². The van der Waals surface area contributed by atoms with Gasteiger partial charge in [0.1, 0.15) is 0 Å². The van der Waals surface area contributed by atoms with Gasteiger partial charge in [0.05, 0.1) is 17.9 Å². The molecular weight excluding hydrogens is 244 g/mol. The Labute approximate surface area is 120 Å². The molecule has 3 rings (SSSR count). The summed E-state index contributed by atoms with van der Waals surface area (Å²) in [6, 6.07) is 18.7. The molecule has 0 saturated carbocycles. The van der Waals surface area contributed by atoms with Gasteiger partial charge in [0.2, 0.25) is 0 Å². The van der Waals surface area contributed by atoms with E-state index < -0.39 is 0 Å². The van der Waals surface area contributed by atoms with Gasteiger partial charge in [0.15, 0.2) is 0 Å². The molecule has 102 valence electrons. The first-order valence-corrected chi connectivity index (χ1v) is 7.05. The molecule has 2 aromatic rings. The number of para-hydroxylation sites is 2. The van der Waals surface area contributed by atoms with Gasteiger partial charge in [-0.3, -0.25) is 4.99 Å². The minimum absolute atomic E-state index is 0.101. The van der Waals surface area contributed by atoms with E-state index in [1.54, 1.807) is 0 Å². The molecule has 1 aliphatic heterocycles. The third-order valence-electron chi connectivity index (χ3n) is 3.64. The molecule has 0 aromatic heterocycles. The number of hydrogen-bond donors (Lipinski definition) is 0. The van der Waals surface area contributed by atoms with E-state index in [4.69, 9.17) is 4.99 Å². The van der Waals surface area contributed by atoms with Crippen LogP contribution in [0.25, 0.3) is 0 Å². The molecule has 0 atom stereocenters. The molecular formula is C18H20N2. The van der Waals surface area contributed by atoms with Gasteiger partial charge >= 0.3 is 0 Å². The van der Waals surface area contributed by atoms with Crippen LogP contribution in [0.4, 0.5) is 11.4 Å². The largest absolute Gasteiger partial charge is 0.360 e. The second-order valence-corrected chi connectivity index (χ2v) is 6.17. The van der Waals surface area contributed by atoms with Gasteiger partial charge in [-0.15, -0.1) is 0 Å². The molecule has 1 heterocycles. The fraction of sp³-hybridized carbons (Fsp3) is 0.278. The van der Waals surface area contributed by atoms with E-state index in [-0.39, 0.29) is 5.54 Å². The number of rotatable bonds is 1. The molecule has 0 bridgehead atoms. The number of fused-ring (bicyclic) bond motifs is 1. The first-order valence-electron chi connectivity index (χ1n) is 7.05. The summed E-state index contributed by atoms with van der Waals surface area (Å²) in [5, 5.41) is 0. The van der Waals surface area contributed by atoms with Crippen LogP contribution < -0.4 is 4.90 Å². The van der Waals surface area contributed by atoms with Crippen LogP contribution >= 0.6 is 0 Å². The molecule has 2 aromatic carbocycles. The lowest BCUT2D eigenvalue weighted by atomic mass is 10.1. The maximum absolute atomic E-state index is 4.84. The number of hydrogen-bond acceptors (Lipinski definition) is 2. The van der Waals surface area contributed by atoms with E-state index in [2.05, 4.69) is 62.1 Å². The van der Waals surface area contributed by atoms with Crippen LogP contribution in [0.15, 0.2) is 59.6 Å². The third-order valence-corrected chi connectivity index (χ3v) is 3.64. The third kappa shape index (κ3) is 2.34. The van der Waals surface area contributed by atoms with E-state index in [0.29, 0.717) is 0 Å². The minimum atomic E-state index is 0.101. The normalized spacial score (nSPS) is 16.6. The Kier molecular flexibility index (Phi) is 3.09. The van der Waals surface area contributed by atoms with Crippen LogP contribution in [0.1, 0.15) is 26.3 Å². The lowest BCUT2D eigenvalue weighted by molar-refractivity contribution is 0.532. The molecule has 0 N–H and O–H groups in total. The predicted molar refractivity (Wildman–Crippen MR) is 86.2 cm³/mol. The predicted octanol–water partition coefficient (Wildman–Crippen LogP) is 4.43. The van der Waals surface area contributed by atoms with E-state index in [1.807, 2.05) is 18.2 Å². The van der Waals surface area contributed by atoms with E-state index >= 15 is 0 Å². The fourth-order valence-electron chi connectivity index (χ4n) is 2.63. The lowest BCUT2D eigenvalue weighted by Crippen LogP contribution is -2.41. The van der Waals surface area contributed by atoms with Crippen molar-refractivity contribution in [1.29, 1.82) is 0 Å². The Morgan fingerprint density at radius 1 is 0.900 bits per heavy atom. The van der Waals surface area contributed by atoms with Crippen molar-refractivity contribution in [3.05, 3.63) is 60.2 Å². The van der Waals surface area contributed by atoms with Crippen molar-refractivity contribution in [2.75, 3.05) is 11.4 Å². The van der Waals surface area contributed by atoms with Gasteiger partial charge in [-0.2, -0.15) is 0 Å². The molecule has 1 aliphatic rings. The van der Waals surface area contributed by atoms with Gasteiger partial charge < -0.3 is 4.90 Å². The Hall–Kier alpha value is -2.09. The summed E-state index contributed by atoms with van der Waals surface area (Å²) in [5.74, 6) is 0. The molecule has 0 unspecified atom stereocenters. The summed E-state index contributed by atoms with van der Waals surface area (Å²) in [7, 11) is 0. The minimum Gasteiger partial charge on any atom is -0.360 e. The Balaban J connectivity index is 2.06. The standard InChI is InChI=1S/C18H20N2/c1-18(2,3)20-13-16(15-11-7-8-12-17(15)20)19-14-9-5-4-6-10-14/h4-12H,13H2,1-3H3. The Bertz CT molecular complexity index is 636. The average molecular weight is 264 g/mol. The van der Waals surface area contributed by atoms with Crippen LogP contribution in [0.5, 0.6) is 0 Å². The van der Waals surface area contributed by atoms with E-state index in [9.17, 15) is 0 Å². The van der Waals surface area contributed by atoms with Crippen molar-refractivity contribution in [3.8, 4) is 0 Å². The Morgan fingerprint density at radius 3 is 2.25 bits per heavy atom. The van der Waals surface area contributed by atoms with Crippen LogP contribution in [-0.4, -0.2) is 17.8 Å². The van der Waals surface area contributed by atoms with Crippen LogP contribution in [0.3, 0.4) is 0 Å². The maximum atomic E-state index is 4.84. The smallest absolute Gasteiger partial charge is 0.0697 e. The zero-order chi connectivity index (χ0) is 14.2. The summed E-state index contributed by atoms with van der Waals surface area (Å²) in [6.45, 7) is 7.61. The van der Waals surface area contributed by atoms with Crippen molar-refractivity contribution in [2.45, 2.75) is 26.3 Å². The molecule has 2 nitrogen and oxygen atoms in total. The highest BCUT2D eigenvalue weighted by Crippen LogP contribution is 2.34.